The predicted molar refractivity (Wildman–Crippen MR) is 107 cm³/mol. The van der Waals surface area contributed by atoms with Crippen molar-refractivity contribution in [1.29, 1.82) is 0 Å². The molecule has 8 heteroatoms. The molecule has 7 nitrogen and oxygen atoms in total. The van der Waals surface area contributed by atoms with Crippen molar-refractivity contribution in [2.45, 2.75) is 0 Å². The van der Waals surface area contributed by atoms with Gasteiger partial charge in [0.2, 0.25) is 0 Å². The monoisotopic (exact) mass is 391 g/mol. The largest absolute Gasteiger partial charge is 0.451 e. The van der Waals surface area contributed by atoms with Crippen LogP contribution in [0.4, 0.5) is 5.69 Å². The van der Waals surface area contributed by atoms with Gasteiger partial charge in [0, 0.05) is 16.3 Å². The molecular weight excluding hydrogens is 378 g/mol. The van der Waals surface area contributed by atoms with Gasteiger partial charge < -0.3 is 9.73 Å². The van der Waals surface area contributed by atoms with Gasteiger partial charge in [0.25, 0.3) is 5.91 Å². The first-order chi connectivity index (χ1) is 13.7. The summed E-state index contributed by atoms with van der Waals surface area (Å²) in [7, 11) is 0. The second kappa shape index (κ2) is 7.89. The Morgan fingerprint density at radius 1 is 1.07 bits per heavy atom. The van der Waals surface area contributed by atoms with Gasteiger partial charge in [0.1, 0.15) is 5.76 Å². The van der Waals surface area contributed by atoms with Gasteiger partial charge in [-0.15, -0.1) is 10.2 Å². The van der Waals surface area contributed by atoms with E-state index in [2.05, 4.69) is 25.9 Å². The van der Waals surface area contributed by atoms with E-state index in [1.54, 1.807) is 36.4 Å². The lowest BCUT2D eigenvalue weighted by Gasteiger charge is -2.04. The van der Waals surface area contributed by atoms with Gasteiger partial charge in [-0.05, 0) is 53.3 Å². The fraction of sp³-hybridized carbons (Fsp3) is 0. The molecular formula is C20H14ClN5O2. The molecule has 0 saturated carbocycles. The minimum Gasteiger partial charge on any atom is -0.451 e. The molecule has 0 atom stereocenters. The highest BCUT2D eigenvalue weighted by Gasteiger charge is 2.13. The van der Waals surface area contributed by atoms with Crippen molar-refractivity contribution >= 4 is 35.3 Å². The zero-order valence-electron chi connectivity index (χ0n) is 14.5. The number of hydrogen-bond donors (Lipinski definition) is 2. The molecule has 2 N–H and O–H groups in total. The highest BCUT2D eigenvalue weighted by Crippen LogP contribution is 2.25. The normalized spacial score (nSPS) is 11.0. The summed E-state index contributed by atoms with van der Waals surface area (Å²) in [6, 6.07) is 18.0. The lowest BCUT2D eigenvalue weighted by Crippen LogP contribution is -2.10. The fourth-order valence-corrected chi connectivity index (χ4v) is 2.77. The first-order valence-corrected chi connectivity index (χ1v) is 8.74. The van der Waals surface area contributed by atoms with Gasteiger partial charge in [-0.3, -0.25) is 4.79 Å². The molecule has 28 heavy (non-hydrogen) atoms. The highest BCUT2D eigenvalue weighted by atomic mass is 35.5. The Bertz CT molecular complexity index is 1130. The smallest absolute Gasteiger partial charge is 0.291 e. The van der Waals surface area contributed by atoms with Crippen molar-refractivity contribution in [1.82, 2.24) is 20.6 Å². The number of tetrazole rings is 1. The average molecular weight is 392 g/mol. The summed E-state index contributed by atoms with van der Waals surface area (Å²) < 4.78 is 5.67. The van der Waals surface area contributed by atoms with Crippen LogP contribution in [0.25, 0.3) is 23.5 Å². The Kier molecular flexibility index (Phi) is 4.99. The summed E-state index contributed by atoms with van der Waals surface area (Å²) in [6.45, 7) is 0. The Labute approximate surface area is 165 Å². The molecule has 2 heterocycles. The van der Waals surface area contributed by atoms with Crippen molar-refractivity contribution in [3.05, 3.63) is 82.8 Å². The van der Waals surface area contributed by atoms with E-state index >= 15 is 0 Å². The van der Waals surface area contributed by atoms with Crippen LogP contribution >= 0.6 is 11.6 Å². The van der Waals surface area contributed by atoms with E-state index in [0.29, 0.717) is 22.3 Å². The molecule has 0 radical (unpaired) electrons. The Balaban J connectivity index is 1.47. The van der Waals surface area contributed by atoms with Gasteiger partial charge >= 0.3 is 0 Å². The maximum Gasteiger partial charge on any atom is 0.291 e. The van der Waals surface area contributed by atoms with Crippen LogP contribution in [0, 0.1) is 0 Å². The molecule has 0 aliphatic rings. The zero-order chi connectivity index (χ0) is 19.3. The Morgan fingerprint density at radius 2 is 1.96 bits per heavy atom. The van der Waals surface area contributed by atoms with Crippen molar-refractivity contribution in [2.75, 3.05) is 5.32 Å². The molecule has 0 aliphatic heterocycles. The Morgan fingerprint density at radius 3 is 2.79 bits per heavy atom. The number of nitrogens with zero attached hydrogens (tertiary/aromatic N) is 3. The molecule has 0 fully saturated rings. The summed E-state index contributed by atoms with van der Waals surface area (Å²) in [5.74, 6) is 0.915. The minimum absolute atomic E-state index is 0.211. The van der Waals surface area contributed by atoms with Crippen LogP contribution in [0.5, 0.6) is 0 Å². The van der Waals surface area contributed by atoms with Crippen LogP contribution in [0.15, 0.2) is 65.1 Å². The number of aromatic nitrogens is 4. The third kappa shape index (κ3) is 4.16. The van der Waals surface area contributed by atoms with E-state index in [1.807, 2.05) is 36.4 Å². The standard InChI is InChI=1S/C20H14ClN5O2/c21-15-5-2-4-14(12-15)17-8-9-18(28-17)20(27)22-16-6-1-3-13(11-16)7-10-19-23-25-26-24-19/h1-12H,(H,22,27)(H,23,24,25,26). The first kappa shape index (κ1) is 17.7. The Hall–Kier alpha value is -3.71. The van der Waals surface area contributed by atoms with Gasteiger partial charge in [-0.2, -0.15) is 5.21 Å². The molecule has 2 aromatic carbocycles. The number of aromatic amines is 1. The first-order valence-electron chi connectivity index (χ1n) is 8.36. The van der Waals surface area contributed by atoms with Crippen LogP contribution in [0.3, 0.4) is 0 Å². The van der Waals surface area contributed by atoms with E-state index in [-0.39, 0.29) is 11.7 Å². The number of amides is 1. The molecule has 0 bridgehead atoms. The number of carbonyl (C=O) groups excluding carboxylic acids is 1. The van der Waals surface area contributed by atoms with E-state index in [0.717, 1.165) is 11.1 Å². The van der Waals surface area contributed by atoms with Crippen molar-refractivity contribution in [3.63, 3.8) is 0 Å². The number of carbonyl (C=O) groups is 1. The number of benzene rings is 2. The quantitative estimate of drug-likeness (QED) is 0.520. The molecule has 0 aliphatic carbocycles. The molecule has 1 amide bonds. The van der Waals surface area contributed by atoms with Crippen molar-refractivity contribution in [3.8, 4) is 11.3 Å². The summed E-state index contributed by atoms with van der Waals surface area (Å²) >= 11 is 6.01. The fourth-order valence-electron chi connectivity index (χ4n) is 2.58. The molecule has 4 aromatic rings. The summed E-state index contributed by atoms with van der Waals surface area (Å²) in [5.41, 5.74) is 2.32. The third-order valence-corrected chi connectivity index (χ3v) is 4.11. The summed E-state index contributed by atoms with van der Waals surface area (Å²) in [5, 5.41) is 17.0. The highest BCUT2D eigenvalue weighted by molar-refractivity contribution is 6.30. The van der Waals surface area contributed by atoms with Crippen LogP contribution in [-0.2, 0) is 0 Å². The molecule has 4 rings (SSSR count). The number of H-pyrrole nitrogens is 1. The topological polar surface area (TPSA) is 96.7 Å². The van der Waals surface area contributed by atoms with Gasteiger partial charge in [-0.25, -0.2) is 0 Å². The van der Waals surface area contributed by atoms with E-state index in [4.69, 9.17) is 16.0 Å². The van der Waals surface area contributed by atoms with E-state index in [1.165, 1.54) is 0 Å². The lowest BCUT2D eigenvalue weighted by molar-refractivity contribution is 0.0997. The van der Waals surface area contributed by atoms with Gasteiger partial charge in [0.05, 0.1) is 0 Å². The number of rotatable bonds is 5. The SMILES string of the molecule is O=C(Nc1cccc(C=Cc2nn[nH]n2)c1)c1ccc(-c2cccc(Cl)c2)o1. The van der Waals surface area contributed by atoms with Gasteiger partial charge in [0.15, 0.2) is 11.6 Å². The van der Waals surface area contributed by atoms with Crippen molar-refractivity contribution < 1.29 is 9.21 Å². The minimum atomic E-state index is -0.340. The van der Waals surface area contributed by atoms with Crippen LogP contribution < -0.4 is 5.32 Å². The predicted octanol–water partition coefficient (Wildman–Crippen LogP) is 4.54. The number of nitrogens with one attached hydrogen (secondary N) is 2. The number of furan rings is 1. The molecule has 0 spiro atoms. The van der Waals surface area contributed by atoms with Crippen molar-refractivity contribution in [2.24, 2.45) is 0 Å². The van der Waals surface area contributed by atoms with E-state index < -0.39 is 0 Å². The zero-order valence-corrected chi connectivity index (χ0v) is 15.2. The molecule has 2 aromatic heterocycles. The second-order valence-electron chi connectivity index (χ2n) is 5.86. The molecule has 138 valence electrons. The van der Waals surface area contributed by atoms with E-state index in [9.17, 15) is 4.79 Å². The molecule has 0 unspecified atom stereocenters. The number of hydrogen-bond acceptors (Lipinski definition) is 5. The number of anilines is 1. The average Bonchev–Trinajstić information content (AvgIpc) is 3.39. The summed E-state index contributed by atoms with van der Waals surface area (Å²) in [6.07, 6.45) is 3.54. The van der Waals surface area contributed by atoms with Crippen LogP contribution in [-0.4, -0.2) is 26.5 Å². The molecule has 0 saturated heterocycles. The lowest BCUT2D eigenvalue weighted by atomic mass is 10.2. The van der Waals surface area contributed by atoms with Gasteiger partial charge in [-0.1, -0.05) is 41.9 Å². The van der Waals surface area contributed by atoms with Crippen LogP contribution in [0.2, 0.25) is 5.02 Å². The number of halogens is 1. The van der Waals surface area contributed by atoms with Crippen LogP contribution in [0.1, 0.15) is 21.9 Å². The third-order valence-electron chi connectivity index (χ3n) is 3.87. The maximum absolute atomic E-state index is 12.5. The summed E-state index contributed by atoms with van der Waals surface area (Å²) in [4.78, 5) is 12.5. The maximum atomic E-state index is 12.5. The second-order valence-corrected chi connectivity index (χ2v) is 6.29.